The van der Waals surface area contributed by atoms with Crippen molar-refractivity contribution in [1.29, 1.82) is 0 Å². The summed E-state index contributed by atoms with van der Waals surface area (Å²) in [5.41, 5.74) is 4.68. The first-order chi connectivity index (χ1) is 6.42. The molecular weight excluding hydrogens is 266 g/mol. The SMILES string of the molecule is CC(C)(CNc1nc(Br)cs1)C(N)=O. The van der Waals surface area contributed by atoms with Crippen LogP contribution < -0.4 is 11.1 Å². The van der Waals surface area contributed by atoms with Gasteiger partial charge in [0, 0.05) is 11.9 Å². The molecule has 0 atom stereocenters. The first-order valence-corrected chi connectivity index (χ1v) is 5.74. The summed E-state index contributed by atoms with van der Waals surface area (Å²) >= 11 is 4.73. The van der Waals surface area contributed by atoms with Crippen molar-refractivity contribution in [2.75, 3.05) is 11.9 Å². The Hall–Kier alpha value is -0.620. The lowest BCUT2D eigenvalue weighted by atomic mass is 9.93. The molecule has 0 aliphatic rings. The van der Waals surface area contributed by atoms with Crippen LogP contribution in [0, 0.1) is 5.41 Å². The lowest BCUT2D eigenvalue weighted by Crippen LogP contribution is -2.37. The van der Waals surface area contributed by atoms with Gasteiger partial charge < -0.3 is 11.1 Å². The number of thiazole rings is 1. The maximum atomic E-state index is 11.0. The summed E-state index contributed by atoms with van der Waals surface area (Å²) in [6, 6.07) is 0. The third-order valence-electron chi connectivity index (χ3n) is 1.82. The minimum Gasteiger partial charge on any atom is -0.369 e. The zero-order valence-corrected chi connectivity index (χ0v) is 10.4. The van der Waals surface area contributed by atoms with E-state index in [1.54, 1.807) is 13.8 Å². The summed E-state index contributed by atoms with van der Waals surface area (Å²) < 4.78 is 0.793. The fourth-order valence-electron chi connectivity index (χ4n) is 0.719. The summed E-state index contributed by atoms with van der Waals surface area (Å²) in [5, 5.41) is 5.72. The molecule has 1 aromatic heterocycles. The first kappa shape index (κ1) is 11.5. The van der Waals surface area contributed by atoms with Crippen LogP contribution in [0.15, 0.2) is 9.98 Å². The molecular formula is C8H12BrN3OS. The fraction of sp³-hybridized carbons (Fsp3) is 0.500. The molecule has 0 aliphatic heterocycles. The van der Waals surface area contributed by atoms with Gasteiger partial charge >= 0.3 is 0 Å². The van der Waals surface area contributed by atoms with Gasteiger partial charge in [0.05, 0.1) is 5.41 Å². The average Bonchev–Trinajstić information content (AvgIpc) is 2.48. The molecule has 1 aromatic rings. The Bertz CT molecular complexity index is 337. The van der Waals surface area contributed by atoms with E-state index in [4.69, 9.17) is 5.73 Å². The van der Waals surface area contributed by atoms with E-state index in [2.05, 4.69) is 26.2 Å². The predicted octanol–water partition coefficient (Wildman–Crippen LogP) is 1.83. The minimum absolute atomic E-state index is 0.319. The van der Waals surface area contributed by atoms with E-state index in [1.807, 2.05) is 5.38 Å². The molecule has 3 N–H and O–H groups in total. The van der Waals surface area contributed by atoms with Gasteiger partial charge in [0.2, 0.25) is 5.91 Å². The van der Waals surface area contributed by atoms with Crippen molar-refractivity contribution in [1.82, 2.24) is 4.98 Å². The number of halogens is 1. The number of nitrogens with two attached hydrogens (primary N) is 1. The van der Waals surface area contributed by atoms with Gasteiger partial charge in [-0.25, -0.2) is 4.98 Å². The number of hydrogen-bond donors (Lipinski definition) is 2. The van der Waals surface area contributed by atoms with Gasteiger partial charge in [0.15, 0.2) is 5.13 Å². The fourth-order valence-corrected chi connectivity index (χ4v) is 1.86. The average molecular weight is 278 g/mol. The van der Waals surface area contributed by atoms with Gasteiger partial charge in [-0.05, 0) is 29.8 Å². The maximum absolute atomic E-state index is 11.0. The number of primary amides is 1. The zero-order valence-electron chi connectivity index (χ0n) is 8.00. The van der Waals surface area contributed by atoms with E-state index in [-0.39, 0.29) is 5.91 Å². The van der Waals surface area contributed by atoms with Crippen LogP contribution in [0.25, 0.3) is 0 Å². The van der Waals surface area contributed by atoms with E-state index < -0.39 is 5.41 Å². The molecule has 0 fully saturated rings. The number of nitrogens with zero attached hydrogens (tertiary/aromatic N) is 1. The predicted molar refractivity (Wildman–Crippen MR) is 61.3 cm³/mol. The van der Waals surface area contributed by atoms with Crippen molar-refractivity contribution < 1.29 is 4.79 Å². The standard InChI is InChI=1S/C8H12BrN3OS/c1-8(2,6(10)13)4-11-7-12-5(9)3-14-7/h3H,4H2,1-2H3,(H2,10,13)(H,11,12). The smallest absolute Gasteiger partial charge is 0.224 e. The Morgan fingerprint density at radius 1 is 1.79 bits per heavy atom. The zero-order chi connectivity index (χ0) is 10.8. The van der Waals surface area contributed by atoms with Gasteiger partial charge in [-0.3, -0.25) is 4.79 Å². The van der Waals surface area contributed by atoms with Crippen LogP contribution in [0.4, 0.5) is 5.13 Å². The molecule has 0 unspecified atom stereocenters. The molecule has 0 aromatic carbocycles. The highest BCUT2D eigenvalue weighted by molar-refractivity contribution is 9.10. The van der Waals surface area contributed by atoms with E-state index in [0.29, 0.717) is 6.54 Å². The number of nitrogens with one attached hydrogen (secondary N) is 1. The molecule has 0 spiro atoms. The highest BCUT2D eigenvalue weighted by atomic mass is 79.9. The van der Waals surface area contributed by atoms with E-state index >= 15 is 0 Å². The number of carbonyl (C=O) groups is 1. The molecule has 1 heterocycles. The molecule has 78 valence electrons. The molecule has 6 heteroatoms. The first-order valence-electron chi connectivity index (χ1n) is 4.06. The second-order valence-corrected chi connectivity index (χ2v) is 5.25. The normalized spacial score (nSPS) is 11.4. The summed E-state index contributed by atoms with van der Waals surface area (Å²) in [6.45, 7) is 4.08. The van der Waals surface area contributed by atoms with Gasteiger partial charge in [-0.15, -0.1) is 11.3 Å². The molecule has 0 aliphatic carbocycles. The minimum atomic E-state index is -0.557. The summed E-state index contributed by atoms with van der Waals surface area (Å²) in [4.78, 5) is 15.1. The van der Waals surface area contributed by atoms with E-state index in [9.17, 15) is 4.79 Å². The quantitative estimate of drug-likeness (QED) is 0.882. The highest BCUT2D eigenvalue weighted by Gasteiger charge is 2.24. The lowest BCUT2D eigenvalue weighted by molar-refractivity contribution is -0.125. The van der Waals surface area contributed by atoms with Crippen molar-refractivity contribution in [3.63, 3.8) is 0 Å². The summed E-state index contributed by atoms with van der Waals surface area (Å²) in [6.07, 6.45) is 0. The maximum Gasteiger partial charge on any atom is 0.224 e. The highest BCUT2D eigenvalue weighted by Crippen LogP contribution is 2.21. The molecule has 14 heavy (non-hydrogen) atoms. The van der Waals surface area contributed by atoms with Gasteiger partial charge in [0.25, 0.3) is 0 Å². The van der Waals surface area contributed by atoms with E-state index in [1.165, 1.54) is 11.3 Å². The van der Waals surface area contributed by atoms with Crippen LogP contribution in [0.1, 0.15) is 13.8 Å². The van der Waals surface area contributed by atoms with Gasteiger partial charge in [-0.2, -0.15) is 0 Å². The molecule has 0 saturated heterocycles. The van der Waals surface area contributed by atoms with Crippen LogP contribution in [0.2, 0.25) is 0 Å². The molecule has 1 rings (SSSR count). The lowest BCUT2D eigenvalue weighted by Gasteiger charge is -2.20. The number of hydrogen-bond acceptors (Lipinski definition) is 4. The second kappa shape index (κ2) is 4.27. The van der Waals surface area contributed by atoms with Crippen LogP contribution >= 0.6 is 27.3 Å². The Morgan fingerprint density at radius 3 is 2.86 bits per heavy atom. The number of aromatic nitrogens is 1. The molecule has 1 amide bonds. The van der Waals surface area contributed by atoms with Crippen molar-refractivity contribution in [2.24, 2.45) is 11.1 Å². The van der Waals surface area contributed by atoms with Crippen molar-refractivity contribution in [3.8, 4) is 0 Å². The van der Waals surface area contributed by atoms with Crippen LogP contribution in [-0.2, 0) is 4.79 Å². The van der Waals surface area contributed by atoms with Crippen molar-refractivity contribution >= 4 is 38.3 Å². The van der Waals surface area contributed by atoms with Crippen LogP contribution in [0.3, 0.4) is 0 Å². The van der Waals surface area contributed by atoms with Crippen LogP contribution in [-0.4, -0.2) is 17.4 Å². The van der Waals surface area contributed by atoms with Gasteiger partial charge in [-0.1, -0.05) is 0 Å². The third kappa shape index (κ3) is 2.95. The molecule has 0 bridgehead atoms. The topological polar surface area (TPSA) is 68.0 Å². The van der Waals surface area contributed by atoms with Crippen LogP contribution in [0.5, 0.6) is 0 Å². The monoisotopic (exact) mass is 277 g/mol. The Morgan fingerprint density at radius 2 is 2.43 bits per heavy atom. The van der Waals surface area contributed by atoms with Crippen molar-refractivity contribution in [2.45, 2.75) is 13.8 Å². The van der Waals surface area contributed by atoms with Crippen molar-refractivity contribution in [3.05, 3.63) is 9.98 Å². The Labute approximate surface area is 95.0 Å². The summed E-state index contributed by atoms with van der Waals surface area (Å²) in [7, 11) is 0. The Kier molecular flexibility index (Phi) is 3.49. The summed E-state index contributed by atoms with van der Waals surface area (Å²) in [5.74, 6) is -0.319. The van der Waals surface area contributed by atoms with E-state index in [0.717, 1.165) is 9.73 Å². The van der Waals surface area contributed by atoms with Gasteiger partial charge in [0.1, 0.15) is 4.60 Å². The third-order valence-corrected chi connectivity index (χ3v) is 3.33. The second-order valence-electron chi connectivity index (χ2n) is 3.58. The molecule has 4 nitrogen and oxygen atoms in total. The Balaban J connectivity index is 2.52. The largest absolute Gasteiger partial charge is 0.369 e. The number of amides is 1. The molecule has 0 saturated carbocycles. The number of carbonyl (C=O) groups excluding carboxylic acids is 1. The molecule has 0 radical (unpaired) electrons. The number of anilines is 1. The number of rotatable bonds is 4.